The van der Waals surface area contributed by atoms with E-state index in [-0.39, 0.29) is 24.6 Å². The van der Waals surface area contributed by atoms with Crippen molar-refractivity contribution >= 4 is 27.8 Å². The van der Waals surface area contributed by atoms with Gasteiger partial charge in [-0.25, -0.2) is 4.79 Å². The van der Waals surface area contributed by atoms with Gasteiger partial charge in [0.25, 0.3) is 5.91 Å². The molecule has 33 heavy (non-hydrogen) atoms. The van der Waals surface area contributed by atoms with Crippen LogP contribution in [0.5, 0.6) is 5.75 Å². The molecule has 3 rings (SSSR count). The van der Waals surface area contributed by atoms with Gasteiger partial charge in [0.2, 0.25) is 0 Å². The van der Waals surface area contributed by atoms with Crippen LogP contribution < -0.4 is 4.74 Å². The number of hydrogen-bond acceptors (Lipinski definition) is 4. The van der Waals surface area contributed by atoms with Crippen molar-refractivity contribution in [2.24, 2.45) is 0 Å². The summed E-state index contributed by atoms with van der Waals surface area (Å²) in [7, 11) is 1.59. The summed E-state index contributed by atoms with van der Waals surface area (Å²) in [4.78, 5) is 28.3. The van der Waals surface area contributed by atoms with Crippen LogP contribution in [-0.2, 0) is 16.1 Å². The Labute approximate surface area is 202 Å². The molecule has 0 saturated carbocycles. The molecule has 1 atom stereocenters. The lowest BCUT2D eigenvalue weighted by atomic mass is 9.96. The van der Waals surface area contributed by atoms with Crippen molar-refractivity contribution in [2.75, 3.05) is 13.7 Å². The molecule has 0 aliphatic heterocycles. The zero-order chi connectivity index (χ0) is 23.8. The number of nitrogens with zero attached hydrogens (tertiary/aromatic N) is 1. The number of ether oxygens (including phenoxy) is 2. The highest BCUT2D eigenvalue weighted by Crippen LogP contribution is 2.33. The molecule has 0 aliphatic carbocycles. The lowest BCUT2D eigenvalue weighted by Crippen LogP contribution is -2.37. The molecule has 0 radical (unpaired) electrons. The monoisotopic (exact) mass is 507 g/mol. The fourth-order valence-electron chi connectivity index (χ4n) is 3.54. The van der Waals surface area contributed by atoms with Crippen LogP contribution in [-0.4, -0.2) is 30.5 Å². The minimum atomic E-state index is -0.741. The molecule has 170 valence electrons. The molecule has 3 aromatic carbocycles. The Morgan fingerprint density at radius 1 is 0.970 bits per heavy atom. The first-order valence-corrected chi connectivity index (χ1v) is 11.3. The Morgan fingerprint density at radius 2 is 1.61 bits per heavy atom. The van der Waals surface area contributed by atoms with Crippen molar-refractivity contribution in [1.82, 2.24) is 4.90 Å². The fourth-order valence-corrected chi connectivity index (χ4v) is 4.00. The van der Waals surface area contributed by atoms with Crippen molar-refractivity contribution in [3.8, 4) is 5.75 Å². The molecule has 1 unspecified atom stereocenters. The second-order valence-electron chi connectivity index (χ2n) is 7.32. The van der Waals surface area contributed by atoms with Gasteiger partial charge < -0.3 is 14.4 Å². The highest BCUT2D eigenvalue weighted by molar-refractivity contribution is 9.10. The van der Waals surface area contributed by atoms with Crippen LogP contribution in [0.4, 0.5) is 0 Å². The van der Waals surface area contributed by atoms with E-state index in [1.165, 1.54) is 0 Å². The molecule has 0 fully saturated rings. The molecule has 0 aromatic heterocycles. The number of amides is 1. The predicted octanol–water partition coefficient (Wildman–Crippen LogP) is 5.96. The van der Waals surface area contributed by atoms with Gasteiger partial charge >= 0.3 is 5.97 Å². The third-order valence-electron chi connectivity index (χ3n) is 5.17. The standard InChI is InChI=1S/C27H26BrNO4/c1-4-33-27(31)19(2)25(21-14-16-22(32-3)17-15-21)29(18-20-10-6-5-7-11-20)26(30)23-12-8-9-13-24(23)28/h5-17,25H,2,4,18H2,1,3H3. The van der Waals surface area contributed by atoms with E-state index < -0.39 is 12.0 Å². The van der Waals surface area contributed by atoms with Crippen LogP contribution in [0, 0.1) is 0 Å². The van der Waals surface area contributed by atoms with Crippen molar-refractivity contribution in [1.29, 1.82) is 0 Å². The number of carbonyl (C=O) groups is 2. The predicted molar refractivity (Wildman–Crippen MR) is 132 cm³/mol. The van der Waals surface area contributed by atoms with Gasteiger partial charge in [-0.3, -0.25) is 4.79 Å². The van der Waals surface area contributed by atoms with Crippen LogP contribution in [0.1, 0.15) is 34.5 Å². The first-order chi connectivity index (χ1) is 16.0. The summed E-state index contributed by atoms with van der Waals surface area (Å²) in [5, 5.41) is 0. The molecular formula is C27H26BrNO4. The Balaban J connectivity index is 2.14. The zero-order valence-electron chi connectivity index (χ0n) is 18.7. The highest BCUT2D eigenvalue weighted by Gasteiger charge is 2.33. The largest absolute Gasteiger partial charge is 0.497 e. The number of esters is 1. The molecule has 0 saturated heterocycles. The van der Waals surface area contributed by atoms with E-state index in [0.29, 0.717) is 15.8 Å². The molecule has 1 amide bonds. The van der Waals surface area contributed by atoms with E-state index in [9.17, 15) is 9.59 Å². The Kier molecular flexibility index (Phi) is 8.44. The molecule has 0 heterocycles. The average Bonchev–Trinajstić information content (AvgIpc) is 2.84. The normalized spacial score (nSPS) is 11.4. The van der Waals surface area contributed by atoms with E-state index in [0.717, 1.165) is 11.1 Å². The Morgan fingerprint density at radius 3 is 2.21 bits per heavy atom. The highest BCUT2D eigenvalue weighted by atomic mass is 79.9. The van der Waals surface area contributed by atoms with E-state index in [1.807, 2.05) is 54.6 Å². The summed E-state index contributed by atoms with van der Waals surface area (Å²) < 4.78 is 11.2. The first kappa shape index (κ1) is 24.3. The molecule has 0 N–H and O–H groups in total. The van der Waals surface area contributed by atoms with Crippen molar-refractivity contribution in [3.63, 3.8) is 0 Å². The van der Waals surface area contributed by atoms with Crippen LogP contribution in [0.2, 0.25) is 0 Å². The van der Waals surface area contributed by atoms with Crippen molar-refractivity contribution in [3.05, 3.63) is 112 Å². The van der Waals surface area contributed by atoms with Gasteiger partial charge in [-0.05, 0) is 58.2 Å². The minimum Gasteiger partial charge on any atom is -0.497 e. The number of rotatable bonds is 9. The smallest absolute Gasteiger partial charge is 0.335 e. The maximum atomic E-state index is 13.9. The second kappa shape index (κ2) is 11.5. The van der Waals surface area contributed by atoms with Crippen LogP contribution >= 0.6 is 15.9 Å². The number of halogens is 1. The quantitative estimate of drug-likeness (QED) is 0.264. The molecule has 5 nitrogen and oxygen atoms in total. The van der Waals surface area contributed by atoms with Gasteiger partial charge in [-0.1, -0.05) is 61.2 Å². The maximum Gasteiger partial charge on any atom is 0.335 e. The first-order valence-electron chi connectivity index (χ1n) is 10.6. The number of benzene rings is 3. The van der Waals surface area contributed by atoms with E-state index in [4.69, 9.17) is 9.47 Å². The molecule has 0 bridgehead atoms. The summed E-state index contributed by atoms with van der Waals surface area (Å²) in [6.45, 7) is 6.27. The number of methoxy groups -OCH3 is 1. The molecular weight excluding hydrogens is 482 g/mol. The lowest BCUT2D eigenvalue weighted by molar-refractivity contribution is -0.139. The van der Waals surface area contributed by atoms with E-state index >= 15 is 0 Å². The van der Waals surface area contributed by atoms with Crippen LogP contribution in [0.15, 0.2) is 95.5 Å². The fraction of sp³-hybridized carbons (Fsp3) is 0.185. The molecule has 6 heteroatoms. The van der Waals surface area contributed by atoms with E-state index in [2.05, 4.69) is 22.5 Å². The van der Waals surface area contributed by atoms with Crippen LogP contribution in [0.25, 0.3) is 0 Å². The number of carbonyl (C=O) groups excluding carboxylic acids is 2. The minimum absolute atomic E-state index is 0.179. The zero-order valence-corrected chi connectivity index (χ0v) is 20.2. The second-order valence-corrected chi connectivity index (χ2v) is 8.17. The molecule has 0 spiro atoms. The summed E-state index contributed by atoms with van der Waals surface area (Å²) in [5.41, 5.74) is 2.32. The van der Waals surface area contributed by atoms with Gasteiger partial charge in [0, 0.05) is 11.0 Å². The Hall–Kier alpha value is -3.38. The van der Waals surface area contributed by atoms with Gasteiger partial charge in [-0.2, -0.15) is 0 Å². The molecule has 0 aliphatic rings. The lowest BCUT2D eigenvalue weighted by Gasteiger charge is -2.33. The summed E-state index contributed by atoms with van der Waals surface area (Å²) in [6.07, 6.45) is 0. The summed E-state index contributed by atoms with van der Waals surface area (Å²) in [5.74, 6) is -0.111. The SMILES string of the molecule is C=C(C(=O)OCC)C(c1ccc(OC)cc1)N(Cc1ccccc1)C(=O)c1ccccc1Br. The summed E-state index contributed by atoms with van der Waals surface area (Å²) >= 11 is 3.49. The summed E-state index contributed by atoms with van der Waals surface area (Å²) in [6, 6.07) is 23.4. The van der Waals surface area contributed by atoms with E-state index in [1.54, 1.807) is 43.2 Å². The third kappa shape index (κ3) is 5.90. The topological polar surface area (TPSA) is 55.8 Å². The van der Waals surface area contributed by atoms with Gasteiger partial charge in [0.05, 0.1) is 30.9 Å². The average molecular weight is 508 g/mol. The van der Waals surface area contributed by atoms with Crippen molar-refractivity contribution in [2.45, 2.75) is 19.5 Å². The number of hydrogen-bond donors (Lipinski definition) is 0. The maximum absolute atomic E-state index is 13.9. The third-order valence-corrected chi connectivity index (χ3v) is 5.86. The van der Waals surface area contributed by atoms with Gasteiger partial charge in [0.1, 0.15) is 5.75 Å². The molecule has 3 aromatic rings. The van der Waals surface area contributed by atoms with Gasteiger partial charge in [0.15, 0.2) is 0 Å². The van der Waals surface area contributed by atoms with Gasteiger partial charge in [-0.15, -0.1) is 0 Å². The van der Waals surface area contributed by atoms with Crippen molar-refractivity contribution < 1.29 is 19.1 Å². The van der Waals surface area contributed by atoms with Crippen LogP contribution in [0.3, 0.4) is 0 Å². The Bertz CT molecular complexity index is 1110.